The van der Waals surface area contributed by atoms with Gasteiger partial charge in [-0.15, -0.1) is 0 Å². The molecule has 8 nitrogen and oxygen atoms in total. The van der Waals surface area contributed by atoms with E-state index in [-0.39, 0.29) is 0 Å². The molecule has 0 unspecified atom stereocenters. The summed E-state index contributed by atoms with van der Waals surface area (Å²) < 4.78 is 7.14. The molecule has 88 heavy (non-hydrogen) atoms. The van der Waals surface area contributed by atoms with Crippen molar-refractivity contribution in [2.75, 3.05) is 14.7 Å². The van der Waals surface area contributed by atoms with Crippen LogP contribution >= 0.6 is 0 Å². The predicted octanol–water partition coefficient (Wildman–Crippen LogP) is 21.3. The Kier molecular flexibility index (Phi) is 12.0. The highest BCUT2D eigenvalue weighted by Gasteiger charge is 2.27. The number of rotatable bonds is 12. The first kappa shape index (κ1) is 50.5. The minimum absolute atomic E-state index is 0.527. The van der Waals surface area contributed by atoms with Gasteiger partial charge in [0.25, 0.3) is 0 Å². The van der Waals surface area contributed by atoms with Gasteiger partial charge in [-0.05, 0) is 158 Å². The van der Waals surface area contributed by atoms with Crippen LogP contribution in [0.5, 0.6) is 0 Å². The zero-order chi connectivity index (χ0) is 58.1. The lowest BCUT2D eigenvalue weighted by molar-refractivity contribution is 1.08. The van der Waals surface area contributed by atoms with Gasteiger partial charge in [-0.3, -0.25) is 9.80 Å². The number of para-hydroxylation sites is 9. The van der Waals surface area contributed by atoms with Gasteiger partial charge in [-0.2, -0.15) is 4.98 Å². The first-order chi connectivity index (χ1) is 43.7. The number of hydrogen-bond acceptors (Lipinski definition) is 5. The number of benzene rings is 13. The summed E-state index contributed by atoms with van der Waals surface area (Å²) in [7, 11) is 0. The lowest BCUT2D eigenvalue weighted by atomic mass is 10.1. The third kappa shape index (κ3) is 8.37. The Bertz CT molecular complexity index is 5410. The number of nitrogens with zero attached hydrogens (tertiary/aromatic N) is 8. The van der Waals surface area contributed by atoms with Crippen LogP contribution in [-0.2, 0) is 0 Å². The summed E-state index contributed by atoms with van der Waals surface area (Å²) in [5, 5.41) is 7.82. The maximum absolute atomic E-state index is 5.96. The van der Waals surface area contributed by atoms with E-state index < -0.39 is 0 Å². The lowest BCUT2D eigenvalue weighted by Crippen LogP contribution is -2.18. The van der Waals surface area contributed by atoms with Crippen molar-refractivity contribution in [1.29, 1.82) is 0 Å². The van der Waals surface area contributed by atoms with Crippen molar-refractivity contribution >= 4 is 128 Å². The van der Waals surface area contributed by atoms with Gasteiger partial charge in [0, 0.05) is 94.6 Å². The van der Waals surface area contributed by atoms with Gasteiger partial charge < -0.3 is 18.6 Å². The predicted molar refractivity (Wildman–Crippen MR) is 367 cm³/mol. The SMILES string of the molecule is c1ccc(N(c2ccccc2)c2ccc3c(c2)c2ccccc2n3-c2ccc3nc(N(c4ccccc4)c4ccc5c(c4)c4ccccc4n5-c4ccccc4)nc(N(c4ccccc4)c4ccc5c6ccccc6n(-c6ccccc6)c5c4)c3c2)cc1. The van der Waals surface area contributed by atoms with E-state index in [4.69, 9.17) is 9.97 Å². The summed E-state index contributed by atoms with van der Waals surface area (Å²) >= 11 is 0. The van der Waals surface area contributed by atoms with Gasteiger partial charge in [0.05, 0.1) is 38.6 Å². The van der Waals surface area contributed by atoms with Crippen molar-refractivity contribution in [2.45, 2.75) is 0 Å². The van der Waals surface area contributed by atoms with Crippen LogP contribution in [-0.4, -0.2) is 23.7 Å². The van der Waals surface area contributed by atoms with Crippen molar-refractivity contribution in [2.24, 2.45) is 0 Å². The fourth-order valence-corrected chi connectivity index (χ4v) is 13.3. The van der Waals surface area contributed by atoms with E-state index in [9.17, 15) is 0 Å². The zero-order valence-corrected chi connectivity index (χ0v) is 47.8. The van der Waals surface area contributed by atoms with Crippen LogP contribution < -0.4 is 14.7 Å². The standard InChI is InChI=1S/C80H54N8/c1-7-25-55(26-8-1)83(56-27-9-2-10-28-56)61-45-49-77-69(51-61)67-39-21-24-42-75(67)88(77)63-44-48-72-71(53-63)79(84(57-29-11-3-12-30-57)64-43-47-68-65-37-19-22-40-73(65)87(78(68)54-64)60-35-17-6-18-36-60)82-80(81-72)85(58-31-13-4-14-32-58)62-46-50-76-70(52-62)66-38-20-23-41-74(66)86(76)59-33-15-5-16-34-59/h1-54H. The summed E-state index contributed by atoms with van der Waals surface area (Å²) in [6.07, 6.45) is 0. The Morgan fingerprint density at radius 3 is 1.08 bits per heavy atom. The molecule has 0 aliphatic rings. The van der Waals surface area contributed by atoms with Crippen molar-refractivity contribution < 1.29 is 0 Å². The van der Waals surface area contributed by atoms with Crippen LogP contribution in [0.3, 0.4) is 0 Å². The molecular formula is C80H54N8. The van der Waals surface area contributed by atoms with E-state index >= 15 is 0 Å². The largest absolute Gasteiger partial charge is 0.310 e. The highest BCUT2D eigenvalue weighted by molar-refractivity contribution is 6.14. The molecule has 0 aliphatic heterocycles. The Morgan fingerprint density at radius 1 is 0.205 bits per heavy atom. The molecule has 13 aromatic carbocycles. The normalized spacial score (nSPS) is 11.6. The molecule has 4 aromatic heterocycles. The third-order valence-corrected chi connectivity index (χ3v) is 17.1. The van der Waals surface area contributed by atoms with Crippen molar-refractivity contribution in [3.05, 3.63) is 328 Å². The lowest BCUT2D eigenvalue weighted by Gasteiger charge is -2.29. The van der Waals surface area contributed by atoms with Crippen molar-refractivity contribution in [1.82, 2.24) is 23.7 Å². The number of fused-ring (bicyclic) bond motifs is 10. The summed E-state index contributed by atoms with van der Waals surface area (Å²) in [5.41, 5.74) is 17.6. The summed E-state index contributed by atoms with van der Waals surface area (Å²) in [6, 6.07) is 117. The molecule has 414 valence electrons. The fourth-order valence-electron chi connectivity index (χ4n) is 13.3. The zero-order valence-electron chi connectivity index (χ0n) is 47.8. The van der Waals surface area contributed by atoms with Gasteiger partial charge >= 0.3 is 0 Å². The van der Waals surface area contributed by atoms with Crippen LogP contribution in [0.1, 0.15) is 0 Å². The van der Waals surface area contributed by atoms with Crippen LogP contribution in [0.25, 0.3) is 93.4 Å². The average molecular weight is 1130 g/mol. The Hall–Kier alpha value is -12.0. The molecule has 0 aliphatic carbocycles. The third-order valence-electron chi connectivity index (χ3n) is 17.1. The summed E-state index contributed by atoms with van der Waals surface area (Å²) in [4.78, 5) is 18.5. The topological polar surface area (TPSA) is 50.3 Å². The molecule has 0 bridgehead atoms. The second kappa shape index (κ2) is 21.0. The first-order valence-corrected chi connectivity index (χ1v) is 29.8. The van der Waals surface area contributed by atoms with Crippen molar-refractivity contribution in [3.8, 4) is 17.1 Å². The van der Waals surface area contributed by atoms with E-state index in [2.05, 4.69) is 356 Å². The molecule has 4 heterocycles. The smallest absolute Gasteiger partial charge is 0.237 e. The van der Waals surface area contributed by atoms with Crippen LogP contribution in [0.15, 0.2) is 328 Å². The van der Waals surface area contributed by atoms with E-state index in [0.717, 1.165) is 134 Å². The summed E-state index contributed by atoms with van der Waals surface area (Å²) in [6.45, 7) is 0. The first-order valence-electron chi connectivity index (χ1n) is 29.8. The Morgan fingerprint density at radius 2 is 0.568 bits per heavy atom. The molecule has 0 atom stereocenters. The molecule has 17 rings (SSSR count). The minimum atomic E-state index is 0.527. The maximum atomic E-state index is 5.96. The van der Waals surface area contributed by atoms with Gasteiger partial charge in [0.2, 0.25) is 5.95 Å². The van der Waals surface area contributed by atoms with E-state index in [1.54, 1.807) is 0 Å². The van der Waals surface area contributed by atoms with Crippen LogP contribution in [0.2, 0.25) is 0 Å². The number of aromatic nitrogens is 5. The van der Waals surface area contributed by atoms with Crippen LogP contribution in [0, 0.1) is 0 Å². The van der Waals surface area contributed by atoms with Gasteiger partial charge in [-0.25, -0.2) is 4.98 Å². The monoisotopic (exact) mass is 1130 g/mol. The molecule has 0 radical (unpaired) electrons. The highest BCUT2D eigenvalue weighted by atomic mass is 15.3. The molecule has 0 amide bonds. The van der Waals surface area contributed by atoms with E-state index in [0.29, 0.717) is 5.95 Å². The van der Waals surface area contributed by atoms with Gasteiger partial charge in [0.1, 0.15) is 0 Å². The molecular weight excluding hydrogens is 1070 g/mol. The Labute approximate surface area is 508 Å². The number of hydrogen-bond donors (Lipinski definition) is 0. The van der Waals surface area contributed by atoms with E-state index in [1.165, 1.54) is 5.39 Å². The maximum Gasteiger partial charge on any atom is 0.237 e. The molecule has 0 saturated carbocycles. The van der Waals surface area contributed by atoms with Crippen LogP contribution in [0.4, 0.5) is 51.6 Å². The minimum Gasteiger partial charge on any atom is -0.310 e. The molecule has 17 aromatic rings. The molecule has 0 spiro atoms. The van der Waals surface area contributed by atoms with Gasteiger partial charge in [-0.1, -0.05) is 170 Å². The molecule has 0 fully saturated rings. The molecule has 8 heteroatoms. The molecule has 0 saturated heterocycles. The van der Waals surface area contributed by atoms with E-state index in [1.807, 2.05) is 0 Å². The van der Waals surface area contributed by atoms with Gasteiger partial charge in [0.15, 0.2) is 5.82 Å². The number of anilines is 9. The fraction of sp³-hybridized carbons (Fsp3) is 0. The summed E-state index contributed by atoms with van der Waals surface area (Å²) in [5.74, 6) is 1.25. The van der Waals surface area contributed by atoms with Crippen molar-refractivity contribution in [3.63, 3.8) is 0 Å². The quantitative estimate of drug-likeness (QED) is 0.122. The average Bonchev–Trinajstić information content (AvgIpc) is 1.67. The second-order valence-corrected chi connectivity index (χ2v) is 22.2. The Balaban J connectivity index is 0.923. The molecule has 0 N–H and O–H groups in total. The second-order valence-electron chi connectivity index (χ2n) is 22.2. The highest BCUT2D eigenvalue weighted by Crippen LogP contribution is 2.46.